The second-order valence-corrected chi connectivity index (χ2v) is 19.6. The molecule has 7 aliphatic rings. The van der Waals surface area contributed by atoms with E-state index in [0.717, 1.165) is 0 Å². The van der Waals surface area contributed by atoms with E-state index in [1.807, 2.05) is 0 Å². The molecule has 0 aromatic heterocycles. The molecule has 7 heterocycles. The molecule has 7 fully saturated rings. The highest BCUT2D eigenvalue weighted by Crippen LogP contribution is 2.37. The van der Waals surface area contributed by atoms with Gasteiger partial charge in [0.15, 0.2) is 44.0 Å². The van der Waals surface area contributed by atoms with E-state index in [-0.39, 0.29) is 0 Å². The number of rotatable bonds is 17. The molecular weight excluding hydrogens is 1050 g/mol. The summed E-state index contributed by atoms with van der Waals surface area (Å²) in [6.45, 7) is -1.96. The Labute approximate surface area is 430 Å². The number of hydrogen-bond acceptors (Lipinski definition) is 34. The van der Waals surface area contributed by atoms with Crippen molar-refractivity contribution in [2.45, 2.75) is 229 Å². The Kier molecular flexibility index (Phi) is 21.5. The predicted octanol–water partition coefficient (Wildman–Crippen LogP) is -14.2. The summed E-state index contributed by atoms with van der Waals surface area (Å²) in [5, 5.41) is 224. The van der Waals surface area contributed by atoms with Gasteiger partial charge in [-0.2, -0.15) is 0 Å². The molecule has 21 N–H and O–H groups in total. The van der Waals surface area contributed by atoms with Gasteiger partial charge in [0, 0.05) is 0 Å². The number of hydrogen-bond donors (Lipinski definition) is 21. The Balaban J connectivity index is 0.999. The Morgan fingerprint density at radius 2 is 0.618 bits per heavy atom. The summed E-state index contributed by atoms with van der Waals surface area (Å²) in [6, 6.07) is 0. The molecule has 0 aliphatic carbocycles. The summed E-state index contributed by atoms with van der Waals surface area (Å²) >= 11 is 0. The van der Waals surface area contributed by atoms with Crippen molar-refractivity contribution in [3.05, 3.63) is 0 Å². The van der Waals surface area contributed by atoms with E-state index < -0.39 is 248 Å². The molecule has 7 saturated heterocycles. The minimum absolute atomic E-state index is 0.827. The van der Waals surface area contributed by atoms with E-state index in [9.17, 15) is 107 Å². The smallest absolute Gasteiger partial charge is 0.187 e. The van der Waals surface area contributed by atoms with E-state index in [2.05, 4.69) is 0 Å². The van der Waals surface area contributed by atoms with E-state index in [4.69, 9.17) is 61.6 Å². The molecule has 0 bridgehead atoms. The van der Waals surface area contributed by atoms with Gasteiger partial charge in [0.2, 0.25) is 0 Å². The van der Waals surface area contributed by atoms with Crippen LogP contribution in [0.15, 0.2) is 0 Å². The van der Waals surface area contributed by atoms with Crippen molar-refractivity contribution in [3.8, 4) is 0 Å². The summed E-state index contributed by atoms with van der Waals surface area (Å²) in [7, 11) is 0. The monoisotopic (exact) mass is 1120 g/mol. The molecule has 0 radical (unpaired) electrons. The van der Waals surface area contributed by atoms with Crippen LogP contribution in [-0.2, 0) is 61.6 Å². The lowest BCUT2D eigenvalue weighted by molar-refractivity contribution is -0.402. The fraction of sp³-hybridized carbons (Fsp3) is 1.00. The van der Waals surface area contributed by atoms with Gasteiger partial charge in [-0.05, 0) is 13.8 Å². The quantitative estimate of drug-likeness (QED) is 0.0643. The van der Waals surface area contributed by atoms with Crippen molar-refractivity contribution in [3.63, 3.8) is 0 Å². The maximum absolute atomic E-state index is 11.6. The zero-order valence-electron chi connectivity index (χ0n) is 40.4. The van der Waals surface area contributed by atoms with Crippen molar-refractivity contribution in [1.82, 2.24) is 0 Å². The summed E-state index contributed by atoms with van der Waals surface area (Å²) in [6.07, 6.45) is -65.0. The minimum atomic E-state index is -2.26. The van der Waals surface area contributed by atoms with Crippen LogP contribution in [0.3, 0.4) is 0 Å². The fourth-order valence-electron chi connectivity index (χ4n) is 9.74. The van der Waals surface area contributed by atoms with Gasteiger partial charge >= 0.3 is 0 Å². The standard InChI is InChI=1S/C42H72O34/c1-8-15(47)21(53)26(58)38(65-8)73-32-16(48)9(2)66-40(29(32)61)74-33-20(52)12(5-45)69-41(30(33)62)76-35-24(56)18(50)11(4-44)70-42(35)75-34-23(55)19(51)14(67-36(34)63)7-64-37-28(60)25(57)31(13(6-46)71-37)72-39-27(59)22(54)17(49)10(3-43)68-39/h8-63H,3-7H2,1-2H3/t8-,9-,10+,11+,12+,13+,14+,15-,16-,17+,18+,19+,20+,21+,22-,23-,24-,25+,26+,27+,28+,29+,30-,31-,32+,33-,34-,35-,36-,37-,38-,39+,40-,41+,42+/m0/s1. The normalized spacial score (nSPS) is 54.6. The van der Waals surface area contributed by atoms with Crippen molar-refractivity contribution in [2.75, 3.05) is 33.0 Å². The molecule has 0 aromatic carbocycles. The fourth-order valence-corrected chi connectivity index (χ4v) is 9.74. The summed E-state index contributed by atoms with van der Waals surface area (Å²) in [4.78, 5) is 0. The highest BCUT2D eigenvalue weighted by atomic mass is 16.8. The highest BCUT2D eigenvalue weighted by molar-refractivity contribution is 5.00. The van der Waals surface area contributed by atoms with Gasteiger partial charge < -0.3 is 169 Å². The largest absolute Gasteiger partial charge is 0.394 e. The molecule has 0 unspecified atom stereocenters. The highest BCUT2D eigenvalue weighted by Gasteiger charge is 2.58. The first kappa shape index (κ1) is 62.2. The van der Waals surface area contributed by atoms with Gasteiger partial charge in [0.25, 0.3) is 0 Å². The average molecular weight is 1120 g/mol. The van der Waals surface area contributed by atoms with Crippen LogP contribution in [0.1, 0.15) is 13.8 Å². The topological polar surface area (TPSA) is 545 Å². The molecular formula is C42H72O34. The van der Waals surface area contributed by atoms with E-state index in [1.165, 1.54) is 13.8 Å². The second-order valence-electron chi connectivity index (χ2n) is 19.6. The van der Waals surface area contributed by atoms with Gasteiger partial charge in [-0.1, -0.05) is 0 Å². The van der Waals surface area contributed by atoms with Crippen LogP contribution in [-0.4, -0.2) is 355 Å². The Bertz CT molecular complexity index is 1780. The van der Waals surface area contributed by atoms with Crippen LogP contribution >= 0.6 is 0 Å². The molecule has 34 nitrogen and oxygen atoms in total. The lowest BCUT2D eigenvalue weighted by Gasteiger charge is -2.49. The van der Waals surface area contributed by atoms with Crippen LogP contribution in [0.5, 0.6) is 0 Å². The molecule has 0 saturated carbocycles. The first-order chi connectivity index (χ1) is 35.9. The molecule has 7 aliphatic heterocycles. The van der Waals surface area contributed by atoms with Crippen molar-refractivity contribution >= 4 is 0 Å². The zero-order chi connectivity index (χ0) is 55.9. The molecule has 76 heavy (non-hydrogen) atoms. The number of ether oxygens (including phenoxy) is 13. The van der Waals surface area contributed by atoms with Gasteiger partial charge in [0.1, 0.15) is 159 Å². The van der Waals surface area contributed by atoms with Gasteiger partial charge in [0.05, 0.1) is 45.2 Å². The minimum Gasteiger partial charge on any atom is -0.394 e. The van der Waals surface area contributed by atoms with Gasteiger partial charge in [-0.3, -0.25) is 0 Å². The van der Waals surface area contributed by atoms with Crippen LogP contribution in [0, 0.1) is 0 Å². The van der Waals surface area contributed by atoms with Crippen LogP contribution in [0.4, 0.5) is 0 Å². The van der Waals surface area contributed by atoms with Crippen LogP contribution in [0.25, 0.3) is 0 Å². The molecule has 0 aromatic rings. The third-order valence-electron chi connectivity index (χ3n) is 14.4. The third kappa shape index (κ3) is 12.7. The molecule has 34 heteroatoms. The first-order valence-corrected chi connectivity index (χ1v) is 24.4. The molecule has 0 amide bonds. The SMILES string of the molecule is C[C@@H]1O[C@@H](O[C@@H]2[C@@H](O)[C@H](C)O[C@@H](O[C@@H]3[C@H](O)[C@@H](O[C@@H]4[C@@H](O[C@H]5[C@@H](O)[C@H](O)[C@@H](CO[C@H]6O[C@H](CO)[C@H](O[C@H]7O[C@H](CO)[C@@H](O)[C@H](O)[C@H]7O)[C@H](O)[C@H]6O)O[C@@H]5O)O[C@H](CO)[C@@H](O)[C@@H]4O)O[C@H](CO)[C@H]3O)[C@@H]2O)[C@H](O)[C@H](O)[C@H]1O. The average Bonchev–Trinajstić information content (AvgIpc) is 3.40. The lowest BCUT2D eigenvalue weighted by atomic mass is 9.95. The molecule has 444 valence electrons. The van der Waals surface area contributed by atoms with Gasteiger partial charge in [-0.25, -0.2) is 0 Å². The summed E-state index contributed by atoms with van der Waals surface area (Å²) in [5.41, 5.74) is 0. The maximum atomic E-state index is 11.6. The maximum Gasteiger partial charge on any atom is 0.187 e. The summed E-state index contributed by atoms with van der Waals surface area (Å²) < 4.78 is 72.6. The molecule has 7 rings (SSSR count). The van der Waals surface area contributed by atoms with Crippen molar-refractivity contribution in [2.24, 2.45) is 0 Å². The third-order valence-corrected chi connectivity index (χ3v) is 14.4. The van der Waals surface area contributed by atoms with Crippen molar-refractivity contribution in [1.29, 1.82) is 0 Å². The van der Waals surface area contributed by atoms with Gasteiger partial charge in [-0.15, -0.1) is 0 Å². The Morgan fingerprint density at radius 1 is 0.263 bits per heavy atom. The van der Waals surface area contributed by atoms with E-state index in [1.54, 1.807) is 0 Å². The van der Waals surface area contributed by atoms with Crippen LogP contribution < -0.4 is 0 Å². The lowest BCUT2D eigenvalue weighted by Crippen LogP contribution is -2.68. The zero-order valence-corrected chi connectivity index (χ0v) is 40.4. The van der Waals surface area contributed by atoms with E-state index in [0.29, 0.717) is 0 Å². The van der Waals surface area contributed by atoms with Crippen LogP contribution in [0.2, 0.25) is 0 Å². The van der Waals surface area contributed by atoms with Crippen molar-refractivity contribution < 1.29 is 169 Å². The molecule has 0 spiro atoms. The second kappa shape index (κ2) is 26.3. The Hall–Kier alpha value is -1.36. The predicted molar refractivity (Wildman–Crippen MR) is 229 cm³/mol. The van der Waals surface area contributed by atoms with E-state index >= 15 is 0 Å². The Morgan fingerprint density at radius 3 is 1.18 bits per heavy atom. The number of aliphatic hydroxyl groups is 21. The number of aliphatic hydroxyl groups excluding tert-OH is 21. The first-order valence-electron chi connectivity index (χ1n) is 24.4. The molecule has 35 atom stereocenters. The summed E-state index contributed by atoms with van der Waals surface area (Å²) in [5.74, 6) is 0.